The second-order valence-electron chi connectivity index (χ2n) is 4.10. The van der Waals surface area contributed by atoms with E-state index in [1.165, 1.54) is 11.8 Å². The molecule has 0 saturated carbocycles. The van der Waals surface area contributed by atoms with E-state index >= 15 is 0 Å². The van der Waals surface area contributed by atoms with Gasteiger partial charge in [0.05, 0.1) is 0 Å². The Hall–Kier alpha value is -0.700. The van der Waals surface area contributed by atoms with Gasteiger partial charge in [-0.05, 0) is 12.8 Å². The summed E-state index contributed by atoms with van der Waals surface area (Å²) in [6, 6.07) is 0. The fraction of sp³-hybridized carbons (Fsp3) is 0.583. The van der Waals surface area contributed by atoms with Crippen molar-refractivity contribution in [2.24, 2.45) is 5.92 Å². The SMILES string of the molecule is C=CCN(CC(C)C)C(=O)SCC(=C)C. The van der Waals surface area contributed by atoms with Gasteiger partial charge in [-0.15, -0.1) is 6.58 Å². The van der Waals surface area contributed by atoms with E-state index < -0.39 is 0 Å². The molecular weight excluding hydrogens is 206 g/mol. The molecule has 0 aromatic heterocycles. The number of thioether (sulfide) groups is 1. The van der Waals surface area contributed by atoms with Crippen molar-refractivity contribution in [2.45, 2.75) is 20.8 Å². The van der Waals surface area contributed by atoms with Crippen molar-refractivity contribution in [2.75, 3.05) is 18.8 Å². The summed E-state index contributed by atoms with van der Waals surface area (Å²) in [4.78, 5) is 13.6. The molecule has 0 aromatic rings. The van der Waals surface area contributed by atoms with Gasteiger partial charge in [-0.1, -0.05) is 43.8 Å². The third-order valence-corrected chi connectivity index (χ3v) is 2.78. The third kappa shape index (κ3) is 7.25. The molecule has 2 nitrogen and oxygen atoms in total. The van der Waals surface area contributed by atoms with Gasteiger partial charge in [-0.25, -0.2) is 0 Å². The number of carbonyl (C=O) groups is 1. The number of rotatable bonds is 6. The van der Waals surface area contributed by atoms with E-state index in [-0.39, 0.29) is 5.24 Å². The first-order valence-electron chi connectivity index (χ1n) is 5.14. The molecule has 0 rings (SSSR count). The van der Waals surface area contributed by atoms with Crippen LogP contribution in [0.4, 0.5) is 4.79 Å². The van der Waals surface area contributed by atoms with Crippen LogP contribution >= 0.6 is 11.8 Å². The zero-order chi connectivity index (χ0) is 11.8. The van der Waals surface area contributed by atoms with Crippen LogP contribution in [0.1, 0.15) is 20.8 Å². The van der Waals surface area contributed by atoms with Crippen molar-refractivity contribution < 1.29 is 4.79 Å². The van der Waals surface area contributed by atoms with Gasteiger partial charge in [-0.3, -0.25) is 4.79 Å². The van der Waals surface area contributed by atoms with Crippen LogP contribution in [0.3, 0.4) is 0 Å². The molecule has 3 heteroatoms. The van der Waals surface area contributed by atoms with Crippen LogP contribution in [-0.4, -0.2) is 29.0 Å². The highest BCUT2D eigenvalue weighted by atomic mass is 32.2. The van der Waals surface area contributed by atoms with E-state index in [0.717, 1.165) is 12.1 Å². The summed E-state index contributed by atoms with van der Waals surface area (Å²) >= 11 is 1.31. The van der Waals surface area contributed by atoms with Crippen molar-refractivity contribution in [3.63, 3.8) is 0 Å². The fourth-order valence-corrected chi connectivity index (χ4v) is 1.80. The number of nitrogens with zero attached hydrogens (tertiary/aromatic N) is 1. The number of amides is 1. The van der Waals surface area contributed by atoms with Gasteiger partial charge >= 0.3 is 0 Å². The molecule has 1 amide bonds. The van der Waals surface area contributed by atoms with Crippen molar-refractivity contribution >= 4 is 17.0 Å². The zero-order valence-corrected chi connectivity index (χ0v) is 10.8. The first-order chi connectivity index (χ1) is 6.97. The molecule has 0 radical (unpaired) electrons. The van der Waals surface area contributed by atoms with Crippen molar-refractivity contribution in [3.8, 4) is 0 Å². The molecule has 0 N–H and O–H groups in total. The van der Waals surface area contributed by atoms with E-state index in [0.29, 0.717) is 18.2 Å². The molecule has 0 bridgehead atoms. The first kappa shape index (κ1) is 14.3. The van der Waals surface area contributed by atoms with Gasteiger partial charge in [0.2, 0.25) is 0 Å². The van der Waals surface area contributed by atoms with Crippen molar-refractivity contribution in [3.05, 3.63) is 24.8 Å². The normalized spacial score (nSPS) is 10.1. The van der Waals surface area contributed by atoms with Crippen LogP contribution in [-0.2, 0) is 0 Å². The van der Waals surface area contributed by atoms with Crippen LogP contribution in [0, 0.1) is 5.92 Å². The lowest BCUT2D eigenvalue weighted by Crippen LogP contribution is -2.31. The molecule has 15 heavy (non-hydrogen) atoms. The largest absolute Gasteiger partial charge is 0.330 e. The summed E-state index contributed by atoms with van der Waals surface area (Å²) in [7, 11) is 0. The Balaban J connectivity index is 4.15. The van der Waals surface area contributed by atoms with Crippen LogP contribution in [0.15, 0.2) is 24.8 Å². The number of carbonyl (C=O) groups excluding carboxylic acids is 1. The fourth-order valence-electron chi connectivity index (χ4n) is 1.10. The quantitative estimate of drug-likeness (QED) is 0.647. The molecule has 0 aliphatic heterocycles. The smallest absolute Gasteiger partial charge is 0.282 e. The average Bonchev–Trinajstić information content (AvgIpc) is 2.12. The second-order valence-corrected chi connectivity index (χ2v) is 5.03. The Kier molecular flexibility index (Phi) is 7.22. The molecule has 0 aliphatic carbocycles. The molecule has 0 spiro atoms. The second kappa shape index (κ2) is 7.57. The summed E-state index contributed by atoms with van der Waals surface area (Å²) in [5.41, 5.74) is 1.02. The average molecular weight is 227 g/mol. The van der Waals surface area contributed by atoms with Crippen molar-refractivity contribution in [1.29, 1.82) is 0 Å². The predicted molar refractivity (Wildman–Crippen MR) is 69.3 cm³/mol. The summed E-state index contributed by atoms with van der Waals surface area (Å²) in [5.74, 6) is 1.18. The molecule has 0 aliphatic rings. The van der Waals surface area contributed by atoms with E-state index in [1.807, 2.05) is 11.8 Å². The van der Waals surface area contributed by atoms with Gasteiger partial charge < -0.3 is 4.90 Å². The highest BCUT2D eigenvalue weighted by molar-refractivity contribution is 8.13. The van der Waals surface area contributed by atoms with Crippen LogP contribution < -0.4 is 0 Å². The summed E-state index contributed by atoms with van der Waals surface area (Å²) in [6.07, 6.45) is 1.77. The standard InChI is InChI=1S/C12H21NOS/c1-6-7-13(8-10(2)3)12(14)15-9-11(4)5/h6,10H,1,4,7-9H2,2-3,5H3. The minimum absolute atomic E-state index is 0.117. The van der Waals surface area contributed by atoms with Gasteiger partial charge in [0, 0.05) is 18.8 Å². The van der Waals surface area contributed by atoms with Gasteiger partial charge in [0.15, 0.2) is 0 Å². The van der Waals surface area contributed by atoms with Crippen LogP contribution in [0.2, 0.25) is 0 Å². The first-order valence-corrected chi connectivity index (χ1v) is 6.13. The third-order valence-electron chi connectivity index (χ3n) is 1.64. The van der Waals surface area contributed by atoms with E-state index in [2.05, 4.69) is 27.0 Å². The summed E-state index contributed by atoms with van der Waals surface area (Å²) in [5, 5.41) is 0.117. The Labute approximate surface area is 97.4 Å². The lowest BCUT2D eigenvalue weighted by atomic mass is 10.2. The highest BCUT2D eigenvalue weighted by Crippen LogP contribution is 2.13. The summed E-state index contributed by atoms with van der Waals surface area (Å²) in [6.45, 7) is 15.0. The van der Waals surface area contributed by atoms with Crippen LogP contribution in [0.5, 0.6) is 0 Å². The zero-order valence-electron chi connectivity index (χ0n) is 9.95. The molecule has 0 saturated heterocycles. The van der Waals surface area contributed by atoms with E-state index in [9.17, 15) is 4.79 Å². The number of hydrogen-bond acceptors (Lipinski definition) is 2. The Morgan fingerprint density at radius 2 is 2.13 bits per heavy atom. The molecule has 0 fully saturated rings. The lowest BCUT2D eigenvalue weighted by molar-refractivity contribution is 0.222. The van der Waals surface area contributed by atoms with Gasteiger partial charge in [0.25, 0.3) is 5.24 Å². The lowest BCUT2D eigenvalue weighted by Gasteiger charge is -2.22. The minimum atomic E-state index is 0.117. The maximum Gasteiger partial charge on any atom is 0.282 e. The molecule has 0 unspecified atom stereocenters. The van der Waals surface area contributed by atoms with E-state index in [1.54, 1.807) is 6.08 Å². The van der Waals surface area contributed by atoms with Gasteiger partial charge in [0.1, 0.15) is 0 Å². The minimum Gasteiger partial charge on any atom is -0.330 e. The molecule has 0 atom stereocenters. The topological polar surface area (TPSA) is 20.3 Å². The monoisotopic (exact) mass is 227 g/mol. The summed E-state index contributed by atoms with van der Waals surface area (Å²) < 4.78 is 0. The Bertz CT molecular complexity index is 236. The number of hydrogen-bond donors (Lipinski definition) is 0. The molecular formula is C12H21NOS. The molecule has 0 aromatic carbocycles. The highest BCUT2D eigenvalue weighted by Gasteiger charge is 2.13. The van der Waals surface area contributed by atoms with Crippen molar-refractivity contribution in [1.82, 2.24) is 4.90 Å². The van der Waals surface area contributed by atoms with E-state index in [4.69, 9.17) is 0 Å². The maximum absolute atomic E-state index is 11.8. The molecule has 86 valence electrons. The Morgan fingerprint density at radius 3 is 2.53 bits per heavy atom. The van der Waals surface area contributed by atoms with Crippen LogP contribution in [0.25, 0.3) is 0 Å². The Morgan fingerprint density at radius 1 is 1.53 bits per heavy atom. The molecule has 0 heterocycles. The maximum atomic E-state index is 11.8. The van der Waals surface area contributed by atoms with Gasteiger partial charge in [-0.2, -0.15) is 0 Å². The predicted octanol–water partition coefficient (Wildman–Crippen LogP) is 3.56.